The van der Waals surface area contributed by atoms with Gasteiger partial charge in [-0.1, -0.05) is 0 Å². The van der Waals surface area contributed by atoms with Crippen LogP contribution in [0.25, 0.3) is 0 Å². The third-order valence-corrected chi connectivity index (χ3v) is 3.72. The van der Waals surface area contributed by atoms with Crippen molar-refractivity contribution in [2.75, 3.05) is 12.4 Å². The van der Waals surface area contributed by atoms with Crippen molar-refractivity contribution in [3.8, 4) is 0 Å². The van der Waals surface area contributed by atoms with Crippen molar-refractivity contribution < 1.29 is 4.79 Å². The molecule has 0 saturated carbocycles. The number of hydrogen-bond donors (Lipinski definition) is 0. The van der Waals surface area contributed by atoms with Crippen molar-refractivity contribution in [2.24, 2.45) is 0 Å². The van der Waals surface area contributed by atoms with E-state index < -0.39 is 0 Å². The minimum atomic E-state index is 0.137. The molecule has 2 heterocycles. The molecule has 1 unspecified atom stereocenters. The van der Waals surface area contributed by atoms with E-state index in [1.54, 1.807) is 12.3 Å². The monoisotopic (exact) mass is 266 g/mol. The molecule has 2 rings (SSSR count). The Kier molecular flexibility index (Phi) is 4.59. The van der Waals surface area contributed by atoms with Crippen molar-refractivity contribution in [1.29, 1.82) is 0 Å². The Labute approximate surface area is 113 Å². The van der Waals surface area contributed by atoms with Gasteiger partial charge in [-0.3, -0.25) is 9.78 Å². The Hall–Kier alpha value is -1.09. The minimum Gasteiger partial charge on any atom is -0.336 e. The van der Waals surface area contributed by atoms with Crippen LogP contribution >= 0.6 is 11.6 Å². The van der Waals surface area contributed by atoms with E-state index in [1.807, 2.05) is 17.9 Å². The van der Waals surface area contributed by atoms with Gasteiger partial charge in [-0.05, 0) is 44.7 Å². The molecule has 1 aromatic rings. The number of nitrogens with zero attached hydrogens (tertiary/aromatic N) is 2. The normalized spacial score (nSPS) is 19.2. The zero-order valence-electron chi connectivity index (χ0n) is 10.7. The van der Waals surface area contributed by atoms with E-state index in [2.05, 4.69) is 4.98 Å². The van der Waals surface area contributed by atoms with Crippen molar-refractivity contribution >= 4 is 17.5 Å². The lowest BCUT2D eigenvalue weighted by Gasteiger charge is -2.24. The summed E-state index contributed by atoms with van der Waals surface area (Å²) in [6.45, 7) is 2.78. The number of rotatable bonds is 4. The second-order valence-electron chi connectivity index (χ2n) is 4.81. The zero-order valence-corrected chi connectivity index (χ0v) is 11.5. The summed E-state index contributed by atoms with van der Waals surface area (Å²) in [6, 6.07) is 4.02. The van der Waals surface area contributed by atoms with E-state index in [0.717, 1.165) is 43.5 Å². The smallest absolute Gasteiger partial charge is 0.254 e. The number of aromatic nitrogens is 1. The van der Waals surface area contributed by atoms with Crippen LogP contribution < -0.4 is 0 Å². The van der Waals surface area contributed by atoms with Crippen LogP contribution in [-0.4, -0.2) is 34.3 Å². The number of likely N-dealkylation sites (tertiary alicyclic amines) is 1. The van der Waals surface area contributed by atoms with Crippen molar-refractivity contribution in [3.63, 3.8) is 0 Å². The van der Waals surface area contributed by atoms with Crippen molar-refractivity contribution in [1.82, 2.24) is 9.88 Å². The average molecular weight is 267 g/mol. The molecule has 0 aliphatic carbocycles. The fraction of sp³-hybridized carbons (Fsp3) is 0.571. The fourth-order valence-corrected chi connectivity index (χ4v) is 2.71. The standard InChI is InChI=1S/C14H19ClN2O/c1-11-10-12(6-8-16-11)14(18)17-9-3-5-13(17)4-2-7-15/h6,8,10,13H,2-5,7,9H2,1H3. The van der Waals surface area contributed by atoms with Crippen LogP contribution in [0.2, 0.25) is 0 Å². The SMILES string of the molecule is Cc1cc(C(=O)N2CCCC2CCCCl)ccn1. The minimum absolute atomic E-state index is 0.137. The van der Waals surface area contributed by atoms with E-state index in [-0.39, 0.29) is 5.91 Å². The molecular formula is C14H19ClN2O. The van der Waals surface area contributed by atoms with Crippen molar-refractivity contribution in [2.45, 2.75) is 38.6 Å². The highest BCUT2D eigenvalue weighted by Gasteiger charge is 2.28. The molecule has 1 amide bonds. The van der Waals surface area contributed by atoms with Crippen molar-refractivity contribution in [3.05, 3.63) is 29.6 Å². The van der Waals surface area contributed by atoms with Gasteiger partial charge in [0.2, 0.25) is 0 Å². The Morgan fingerprint density at radius 3 is 3.17 bits per heavy atom. The van der Waals surface area contributed by atoms with E-state index in [1.165, 1.54) is 0 Å². The number of hydrogen-bond acceptors (Lipinski definition) is 2. The molecule has 0 spiro atoms. The first-order chi connectivity index (χ1) is 8.72. The van der Waals surface area contributed by atoms with Gasteiger partial charge < -0.3 is 4.90 Å². The van der Waals surface area contributed by atoms with Gasteiger partial charge in [-0.2, -0.15) is 0 Å². The number of halogens is 1. The Morgan fingerprint density at radius 1 is 1.61 bits per heavy atom. The lowest BCUT2D eigenvalue weighted by Crippen LogP contribution is -2.35. The molecule has 1 fully saturated rings. The molecule has 1 aromatic heterocycles. The fourth-order valence-electron chi connectivity index (χ4n) is 2.56. The molecule has 4 heteroatoms. The van der Waals surface area contributed by atoms with Gasteiger partial charge in [0.05, 0.1) is 0 Å². The Morgan fingerprint density at radius 2 is 2.44 bits per heavy atom. The first kappa shape index (κ1) is 13.3. The predicted molar refractivity (Wildman–Crippen MR) is 73.0 cm³/mol. The summed E-state index contributed by atoms with van der Waals surface area (Å²) in [4.78, 5) is 18.6. The molecule has 0 N–H and O–H groups in total. The maximum Gasteiger partial charge on any atom is 0.254 e. The van der Waals surface area contributed by atoms with Gasteiger partial charge in [0.15, 0.2) is 0 Å². The molecule has 1 aliphatic heterocycles. The largest absolute Gasteiger partial charge is 0.336 e. The second kappa shape index (κ2) is 6.19. The van der Waals surface area contributed by atoms with Gasteiger partial charge in [0, 0.05) is 35.9 Å². The Balaban J connectivity index is 2.08. The lowest BCUT2D eigenvalue weighted by atomic mass is 10.1. The maximum atomic E-state index is 12.4. The predicted octanol–water partition coefficient (Wildman–Crippen LogP) is 3.01. The molecule has 0 bridgehead atoms. The molecule has 3 nitrogen and oxygen atoms in total. The van der Waals surface area contributed by atoms with Gasteiger partial charge in [0.1, 0.15) is 0 Å². The third-order valence-electron chi connectivity index (χ3n) is 3.45. The zero-order chi connectivity index (χ0) is 13.0. The molecule has 0 aromatic carbocycles. The number of carbonyl (C=O) groups is 1. The molecule has 98 valence electrons. The quantitative estimate of drug-likeness (QED) is 0.785. The number of carbonyl (C=O) groups excluding carboxylic acids is 1. The summed E-state index contributed by atoms with van der Waals surface area (Å²) in [5.74, 6) is 0.810. The number of amides is 1. The summed E-state index contributed by atoms with van der Waals surface area (Å²) in [6.07, 6.45) is 5.90. The van der Waals surface area contributed by atoms with Crippen LogP contribution in [0, 0.1) is 6.92 Å². The van der Waals surface area contributed by atoms with Crippen LogP contribution in [0.4, 0.5) is 0 Å². The molecule has 18 heavy (non-hydrogen) atoms. The first-order valence-corrected chi connectivity index (χ1v) is 7.05. The molecule has 0 radical (unpaired) electrons. The molecule has 1 aliphatic rings. The van der Waals surface area contributed by atoms with E-state index >= 15 is 0 Å². The van der Waals surface area contributed by atoms with Gasteiger partial charge in [-0.15, -0.1) is 11.6 Å². The van der Waals surface area contributed by atoms with Gasteiger partial charge >= 0.3 is 0 Å². The number of aryl methyl sites for hydroxylation is 1. The van der Waals surface area contributed by atoms with E-state index in [4.69, 9.17) is 11.6 Å². The Bertz CT molecular complexity index is 422. The van der Waals surface area contributed by atoms with Gasteiger partial charge in [0.25, 0.3) is 5.91 Å². The van der Waals surface area contributed by atoms with Gasteiger partial charge in [-0.25, -0.2) is 0 Å². The summed E-state index contributed by atoms with van der Waals surface area (Å²) >= 11 is 5.73. The maximum absolute atomic E-state index is 12.4. The summed E-state index contributed by atoms with van der Waals surface area (Å²) in [5, 5.41) is 0. The first-order valence-electron chi connectivity index (χ1n) is 6.52. The summed E-state index contributed by atoms with van der Waals surface area (Å²) in [5.41, 5.74) is 1.64. The highest BCUT2D eigenvalue weighted by Crippen LogP contribution is 2.23. The second-order valence-corrected chi connectivity index (χ2v) is 5.19. The summed E-state index contributed by atoms with van der Waals surface area (Å²) in [7, 11) is 0. The highest BCUT2D eigenvalue weighted by molar-refractivity contribution is 6.17. The molecule has 1 saturated heterocycles. The summed E-state index contributed by atoms with van der Waals surface area (Å²) < 4.78 is 0. The molecular weight excluding hydrogens is 248 g/mol. The van der Waals surface area contributed by atoms with Crippen LogP contribution in [-0.2, 0) is 0 Å². The number of pyridine rings is 1. The molecule has 1 atom stereocenters. The van der Waals surface area contributed by atoms with Crippen LogP contribution in [0.1, 0.15) is 41.7 Å². The van der Waals surface area contributed by atoms with E-state index in [0.29, 0.717) is 11.9 Å². The highest BCUT2D eigenvalue weighted by atomic mass is 35.5. The number of alkyl halides is 1. The lowest BCUT2D eigenvalue weighted by molar-refractivity contribution is 0.0730. The van der Waals surface area contributed by atoms with Crippen LogP contribution in [0.5, 0.6) is 0 Å². The van der Waals surface area contributed by atoms with E-state index in [9.17, 15) is 4.79 Å². The third kappa shape index (κ3) is 3.02. The average Bonchev–Trinajstić information content (AvgIpc) is 2.83. The topological polar surface area (TPSA) is 33.2 Å². The van der Waals surface area contributed by atoms with Crippen LogP contribution in [0.15, 0.2) is 18.3 Å². The van der Waals surface area contributed by atoms with Crippen LogP contribution in [0.3, 0.4) is 0 Å².